The maximum atomic E-state index is 11.8. The first kappa shape index (κ1) is 14.3. The maximum Gasteiger partial charge on any atom is 0.416 e. The molecule has 0 N–H and O–H groups in total. The Balaban J connectivity index is 0.000000141. The van der Waals surface area contributed by atoms with Crippen LogP contribution >= 0.6 is 0 Å². The molecule has 2 unspecified atom stereocenters. The lowest BCUT2D eigenvalue weighted by Gasteiger charge is -2.03. The molecule has 3 rings (SSSR count). The maximum absolute atomic E-state index is 11.8. The third-order valence-electron chi connectivity index (χ3n) is 2.51. The van der Waals surface area contributed by atoms with Crippen molar-refractivity contribution in [3.8, 4) is 0 Å². The summed E-state index contributed by atoms with van der Waals surface area (Å²) in [6.45, 7) is 3.26. The Morgan fingerprint density at radius 2 is 1.47 bits per heavy atom. The largest absolute Gasteiger partial charge is 0.416 e. The summed E-state index contributed by atoms with van der Waals surface area (Å²) in [7, 11) is 0. The molecule has 2 fully saturated rings. The lowest BCUT2D eigenvalue weighted by atomic mass is 10.2. The van der Waals surface area contributed by atoms with E-state index < -0.39 is 11.7 Å². The highest BCUT2D eigenvalue weighted by atomic mass is 19.4. The molecule has 2 aliphatic heterocycles. The average Bonchev–Trinajstić information content (AvgIpc) is 3.25. The van der Waals surface area contributed by atoms with Gasteiger partial charge in [0.25, 0.3) is 0 Å². The third kappa shape index (κ3) is 6.04. The van der Waals surface area contributed by atoms with Crippen molar-refractivity contribution in [3.05, 3.63) is 35.9 Å². The van der Waals surface area contributed by atoms with Crippen molar-refractivity contribution < 1.29 is 27.4 Å². The Labute approximate surface area is 109 Å². The second-order valence-corrected chi connectivity index (χ2v) is 4.31. The molecule has 0 radical (unpaired) electrons. The van der Waals surface area contributed by atoms with Gasteiger partial charge in [-0.05, 0) is 0 Å². The number of halogens is 3. The van der Waals surface area contributed by atoms with E-state index in [1.807, 2.05) is 0 Å². The van der Waals surface area contributed by atoms with Gasteiger partial charge in [-0.25, -0.2) is 0 Å². The van der Waals surface area contributed by atoms with Crippen LogP contribution < -0.4 is 0 Å². The quantitative estimate of drug-likeness (QED) is 0.792. The van der Waals surface area contributed by atoms with Gasteiger partial charge in [0.15, 0.2) is 0 Å². The SMILES string of the molecule is C(OCC1CO1)C1CO1.FC(F)(F)c1ccccc1. The molecule has 2 saturated heterocycles. The van der Waals surface area contributed by atoms with Gasteiger partial charge in [0.2, 0.25) is 0 Å². The molecule has 0 spiro atoms. The fraction of sp³-hybridized carbons (Fsp3) is 0.538. The smallest absolute Gasteiger partial charge is 0.376 e. The van der Waals surface area contributed by atoms with Gasteiger partial charge in [0, 0.05) is 0 Å². The fourth-order valence-electron chi connectivity index (χ4n) is 1.29. The topological polar surface area (TPSA) is 34.3 Å². The van der Waals surface area contributed by atoms with E-state index in [4.69, 9.17) is 14.2 Å². The van der Waals surface area contributed by atoms with Gasteiger partial charge in [-0.15, -0.1) is 0 Å². The first-order chi connectivity index (χ1) is 9.05. The highest BCUT2D eigenvalue weighted by Gasteiger charge is 2.29. The van der Waals surface area contributed by atoms with E-state index in [0.717, 1.165) is 38.6 Å². The highest BCUT2D eigenvalue weighted by Crippen LogP contribution is 2.28. The van der Waals surface area contributed by atoms with Crippen LogP contribution in [0, 0.1) is 0 Å². The van der Waals surface area contributed by atoms with Crippen molar-refractivity contribution in [3.63, 3.8) is 0 Å². The van der Waals surface area contributed by atoms with Gasteiger partial charge in [0.05, 0.1) is 32.0 Å². The number of rotatable bonds is 4. The van der Waals surface area contributed by atoms with E-state index in [1.165, 1.54) is 12.1 Å². The molecule has 19 heavy (non-hydrogen) atoms. The number of ether oxygens (including phenoxy) is 3. The Hall–Kier alpha value is -1.11. The van der Waals surface area contributed by atoms with Crippen LogP contribution in [0.3, 0.4) is 0 Å². The molecule has 0 aliphatic carbocycles. The molecule has 2 atom stereocenters. The van der Waals surface area contributed by atoms with E-state index in [2.05, 4.69) is 0 Å². The van der Waals surface area contributed by atoms with Crippen molar-refractivity contribution in [1.29, 1.82) is 0 Å². The summed E-state index contributed by atoms with van der Waals surface area (Å²) in [6.07, 6.45) is -3.42. The molecule has 1 aromatic rings. The summed E-state index contributed by atoms with van der Waals surface area (Å²) < 4.78 is 50.5. The molecule has 106 valence electrons. The van der Waals surface area contributed by atoms with Crippen LogP contribution in [0.2, 0.25) is 0 Å². The monoisotopic (exact) mass is 276 g/mol. The zero-order valence-corrected chi connectivity index (χ0v) is 10.2. The summed E-state index contributed by atoms with van der Waals surface area (Å²) in [5.41, 5.74) is -0.602. The van der Waals surface area contributed by atoms with Crippen LogP contribution in [0.5, 0.6) is 0 Å². The molecular formula is C13H15F3O3. The van der Waals surface area contributed by atoms with Crippen LogP contribution in [-0.2, 0) is 20.4 Å². The molecule has 2 heterocycles. The summed E-state index contributed by atoms with van der Waals surface area (Å²) in [6, 6.07) is 6.36. The van der Waals surface area contributed by atoms with Crippen molar-refractivity contribution in [2.45, 2.75) is 18.4 Å². The fourth-order valence-corrected chi connectivity index (χ4v) is 1.29. The van der Waals surface area contributed by atoms with Crippen LogP contribution in [0.15, 0.2) is 30.3 Å². The standard InChI is InChI=1S/C7H5F3.C6H10O3/c8-7(9,10)6-4-2-1-3-5-6;1(5-3-8-5)7-2-6-4-9-6/h1-5H;5-6H,1-4H2. The molecule has 0 bridgehead atoms. The van der Waals surface area contributed by atoms with Gasteiger partial charge in [-0.3, -0.25) is 0 Å². The third-order valence-corrected chi connectivity index (χ3v) is 2.51. The summed E-state index contributed by atoms with van der Waals surface area (Å²) >= 11 is 0. The van der Waals surface area contributed by atoms with Gasteiger partial charge in [-0.1, -0.05) is 30.3 Å². The highest BCUT2D eigenvalue weighted by molar-refractivity contribution is 5.17. The minimum absolute atomic E-state index is 0.392. The van der Waals surface area contributed by atoms with Gasteiger partial charge >= 0.3 is 6.18 Å². The van der Waals surface area contributed by atoms with Crippen LogP contribution in [0.4, 0.5) is 13.2 Å². The number of hydrogen-bond donors (Lipinski definition) is 0. The lowest BCUT2D eigenvalue weighted by Crippen LogP contribution is -2.06. The first-order valence-electron chi connectivity index (χ1n) is 5.99. The van der Waals surface area contributed by atoms with Crippen molar-refractivity contribution >= 4 is 0 Å². The van der Waals surface area contributed by atoms with Crippen LogP contribution in [0.1, 0.15) is 5.56 Å². The van der Waals surface area contributed by atoms with Crippen molar-refractivity contribution in [1.82, 2.24) is 0 Å². The Morgan fingerprint density at radius 3 is 1.79 bits per heavy atom. The van der Waals surface area contributed by atoms with E-state index >= 15 is 0 Å². The molecule has 2 aliphatic rings. The molecule has 0 saturated carbocycles. The minimum Gasteiger partial charge on any atom is -0.376 e. The van der Waals surface area contributed by atoms with Crippen molar-refractivity contribution in [2.24, 2.45) is 0 Å². The second kappa shape index (κ2) is 6.36. The number of benzene rings is 1. The van der Waals surface area contributed by atoms with E-state index in [0.29, 0.717) is 12.2 Å². The normalized spacial score (nSPS) is 24.4. The molecule has 3 nitrogen and oxygen atoms in total. The van der Waals surface area contributed by atoms with Crippen LogP contribution in [-0.4, -0.2) is 38.6 Å². The molecule has 6 heteroatoms. The summed E-state index contributed by atoms with van der Waals surface area (Å²) in [4.78, 5) is 0. The van der Waals surface area contributed by atoms with Crippen LogP contribution in [0.25, 0.3) is 0 Å². The molecule has 0 amide bonds. The predicted molar refractivity (Wildman–Crippen MR) is 61.7 cm³/mol. The van der Waals surface area contributed by atoms with Gasteiger partial charge in [-0.2, -0.15) is 13.2 Å². The Morgan fingerprint density at radius 1 is 1.00 bits per heavy atom. The molecule has 1 aromatic carbocycles. The van der Waals surface area contributed by atoms with Gasteiger partial charge in [0.1, 0.15) is 12.2 Å². The van der Waals surface area contributed by atoms with E-state index in [1.54, 1.807) is 6.07 Å². The van der Waals surface area contributed by atoms with Gasteiger partial charge < -0.3 is 14.2 Å². The second-order valence-electron chi connectivity index (χ2n) is 4.31. The number of epoxide rings is 2. The average molecular weight is 276 g/mol. The number of alkyl halides is 3. The summed E-state index contributed by atoms with van der Waals surface area (Å²) in [5.74, 6) is 0. The van der Waals surface area contributed by atoms with E-state index in [-0.39, 0.29) is 0 Å². The minimum atomic E-state index is -4.21. The molecule has 0 aromatic heterocycles. The zero-order valence-electron chi connectivity index (χ0n) is 10.2. The number of hydrogen-bond acceptors (Lipinski definition) is 3. The Kier molecular flexibility index (Phi) is 4.79. The Bertz CT molecular complexity index is 360. The lowest BCUT2D eigenvalue weighted by molar-refractivity contribution is -0.137. The predicted octanol–water partition coefficient (Wildman–Crippen LogP) is 2.51. The zero-order chi connectivity index (χ0) is 13.7. The van der Waals surface area contributed by atoms with E-state index in [9.17, 15) is 13.2 Å². The molecular weight excluding hydrogens is 261 g/mol. The first-order valence-corrected chi connectivity index (χ1v) is 5.99. The van der Waals surface area contributed by atoms with Crippen molar-refractivity contribution in [2.75, 3.05) is 26.4 Å². The summed E-state index contributed by atoms with van der Waals surface area (Å²) in [5, 5.41) is 0.